The zero-order valence-corrected chi connectivity index (χ0v) is 19.4. The number of hydrogen-bond donors (Lipinski definition) is 2. The Morgan fingerprint density at radius 2 is 1.76 bits per heavy atom. The highest BCUT2D eigenvalue weighted by molar-refractivity contribution is 5.89. The summed E-state index contributed by atoms with van der Waals surface area (Å²) in [4.78, 5) is 33.2. The molecule has 1 aromatic heterocycles. The molecular weight excluding hydrogens is 432 g/mol. The van der Waals surface area contributed by atoms with Crippen LogP contribution in [-0.2, 0) is 6.54 Å². The summed E-state index contributed by atoms with van der Waals surface area (Å²) in [5, 5.41) is 3.83. The summed E-state index contributed by atoms with van der Waals surface area (Å²) in [7, 11) is 0. The number of carbonyl (C=O) groups excluding carboxylic acids is 1. The molecule has 2 N–H and O–H groups in total. The number of rotatable bonds is 6. The van der Waals surface area contributed by atoms with Crippen LogP contribution in [0.5, 0.6) is 11.5 Å². The van der Waals surface area contributed by atoms with E-state index in [-0.39, 0.29) is 18.1 Å². The van der Waals surface area contributed by atoms with E-state index < -0.39 is 0 Å². The largest absolute Gasteiger partial charge is 0.486 e. The Labute approximate surface area is 198 Å². The highest BCUT2D eigenvalue weighted by Gasteiger charge is 2.20. The molecule has 0 saturated carbocycles. The fraction of sp³-hybridized carbons (Fsp3) is 0.385. The Morgan fingerprint density at radius 1 is 1.06 bits per heavy atom. The minimum Gasteiger partial charge on any atom is -0.486 e. The predicted octanol–water partition coefficient (Wildman–Crippen LogP) is 3.74. The Hall–Kier alpha value is -3.52. The lowest BCUT2D eigenvalue weighted by Crippen LogP contribution is -2.41. The van der Waals surface area contributed by atoms with E-state index in [9.17, 15) is 9.59 Å². The smallest absolute Gasteiger partial charge is 0.322 e. The molecule has 0 spiro atoms. The van der Waals surface area contributed by atoms with Crippen LogP contribution >= 0.6 is 0 Å². The number of aryl methyl sites for hydroxylation is 1. The van der Waals surface area contributed by atoms with Gasteiger partial charge in [0.2, 0.25) is 0 Å². The van der Waals surface area contributed by atoms with Crippen LogP contribution in [-0.4, -0.2) is 60.2 Å². The van der Waals surface area contributed by atoms with Gasteiger partial charge in [0.05, 0.1) is 12.1 Å². The monoisotopic (exact) mass is 462 g/mol. The van der Waals surface area contributed by atoms with Gasteiger partial charge >= 0.3 is 6.03 Å². The maximum Gasteiger partial charge on any atom is 0.322 e. The van der Waals surface area contributed by atoms with Gasteiger partial charge in [0.15, 0.2) is 11.5 Å². The number of aromatic amines is 1. The Bertz CT molecular complexity index is 1230. The van der Waals surface area contributed by atoms with Crippen molar-refractivity contribution in [3.05, 3.63) is 63.9 Å². The second-order valence-electron chi connectivity index (χ2n) is 8.97. The average molecular weight is 463 g/mol. The quantitative estimate of drug-likeness (QED) is 0.583. The molecule has 1 saturated heterocycles. The van der Waals surface area contributed by atoms with E-state index in [0.29, 0.717) is 42.3 Å². The van der Waals surface area contributed by atoms with Crippen LogP contribution in [0.3, 0.4) is 0 Å². The third-order valence-electron chi connectivity index (χ3n) is 6.42. The van der Waals surface area contributed by atoms with Crippen molar-refractivity contribution in [2.75, 3.05) is 44.7 Å². The van der Waals surface area contributed by atoms with Crippen LogP contribution in [0.4, 0.5) is 10.5 Å². The Morgan fingerprint density at radius 3 is 2.50 bits per heavy atom. The summed E-state index contributed by atoms with van der Waals surface area (Å²) in [6, 6.07) is 13.0. The first-order chi connectivity index (χ1) is 16.5. The average Bonchev–Trinajstić information content (AvgIpc) is 3.36. The molecule has 178 valence electrons. The summed E-state index contributed by atoms with van der Waals surface area (Å²) in [6.07, 6.45) is 2.38. The second kappa shape index (κ2) is 9.77. The zero-order chi connectivity index (χ0) is 23.5. The number of carbonyl (C=O) groups is 1. The molecule has 0 bridgehead atoms. The lowest BCUT2D eigenvalue weighted by Gasteiger charge is -2.26. The number of fused-ring (bicyclic) bond motifs is 2. The summed E-state index contributed by atoms with van der Waals surface area (Å²) in [5.74, 6) is 1.30. The van der Waals surface area contributed by atoms with Crippen molar-refractivity contribution in [3.8, 4) is 11.5 Å². The van der Waals surface area contributed by atoms with Crippen LogP contribution in [0.1, 0.15) is 24.0 Å². The van der Waals surface area contributed by atoms with Gasteiger partial charge in [0.1, 0.15) is 13.2 Å². The number of ether oxygens (including phenoxy) is 2. The summed E-state index contributed by atoms with van der Waals surface area (Å²) >= 11 is 0. The van der Waals surface area contributed by atoms with Crippen molar-refractivity contribution >= 4 is 22.6 Å². The molecule has 2 aromatic carbocycles. The van der Waals surface area contributed by atoms with E-state index in [2.05, 4.69) is 15.2 Å². The molecule has 0 atom stereocenters. The van der Waals surface area contributed by atoms with Gasteiger partial charge in [-0.15, -0.1) is 0 Å². The lowest BCUT2D eigenvalue weighted by atomic mass is 10.1. The van der Waals surface area contributed by atoms with E-state index in [1.165, 1.54) is 12.8 Å². The number of hydrogen-bond acceptors (Lipinski definition) is 5. The fourth-order valence-electron chi connectivity index (χ4n) is 4.47. The highest BCUT2D eigenvalue weighted by Crippen LogP contribution is 2.33. The van der Waals surface area contributed by atoms with Gasteiger partial charge in [-0.05, 0) is 57.1 Å². The lowest BCUT2D eigenvalue weighted by molar-refractivity contribution is 0.172. The SMILES string of the molecule is Cc1ccc(NC(=O)N(CCN2CCCC2)Cc2cc3cc4c(cc3[nH]c2=O)OCCO4)cc1. The van der Waals surface area contributed by atoms with E-state index in [4.69, 9.17) is 9.47 Å². The zero-order valence-electron chi connectivity index (χ0n) is 19.4. The van der Waals surface area contributed by atoms with E-state index in [0.717, 1.165) is 36.3 Å². The topological polar surface area (TPSA) is 86.9 Å². The van der Waals surface area contributed by atoms with Crippen molar-refractivity contribution in [1.82, 2.24) is 14.8 Å². The summed E-state index contributed by atoms with van der Waals surface area (Å²) < 4.78 is 11.3. The van der Waals surface area contributed by atoms with Crippen LogP contribution in [0, 0.1) is 6.92 Å². The number of urea groups is 1. The van der Waals surface area contributed by atoms with Crippen molar-refractivity contribution in [1.29, 1.82) is 0 Å². The van der Waals surface area contributed by atoms with E-state index in [1.807, 2.05) is 43.3 Å². The molecule has 8 heteroatoms. The van der Waals surface area contributed by atoms with Gasteiger partial charge in [-0.2, -0.15) is 0 Å². The predicted molar refractivity (Wildman–Crippen MR) is 132 cm³/mol. The molecule has 0 unspecified atom stereocenters. The summed E-state index contributed by atoms with van der Waals surface area (Å²) in [5.41, 5.74) is 2.87. The molecule has 5 rings (SSSR count). The number of amides is 2. The molecule has 2 amide bonds. The minimum atomic E-state index is -0.218. The van der Waals surface area contributed by atoms with E-state index in [1.54, 1.807) is 11.0 Å². The number of nitrogens with zero attached hydrogens (tertiary/aromatic N) is 2. The maximum atomic E-state index is 13.2. The Kier molecular flexibility index (Phi) is 6.40. The number of nitrogens with one attached hydrogen (secondary N) is 2. The van der Waals surface area contributed by atoms with Gasteiger partial charge in [-0.1, -0.05) is 17.7 Å². The Balaban J connectivity index is 1.39. The van der Waals surface area contributed by atoms with Crippen LogP contribution in [0.15, 0.2) is 47.3 Å². The molecule has 3 heterocycles. The summed E-state index contributed by atoms with van der Waals surface area (Å²) in [6.45, 7) is 6.64. The van der Waals surface area contributed by atoms with Crippen molar-refractivity contribution in [2.45, 2.75) is 26.3 Å². The first-order valence-electron chi connectivity index (χ1n) is 11.9. The molecular formula is C26H30N4O4. The number of likely N-dealkylation sites (tertiary alicyclic amines) is 1. The van der Waals surface area contributed by atoms with Crippen molar-refractivity contribution < 1.29 is 14.3 Å². The van der Waals surface area contributed by atoms with Gasteiger partial charge in [-0.25, -0.2) is 4.79 Å². The molecule has 8 nitrogen and oxygen atoms in total. The maximum absolute atomic E-state index is 13.2. The van der Waals surface area contributed by atoms with Crippen LogP contribution in [0.25, 0.3) is 10.9 Å². The first-order valence-corrected chi connectivity index (χ1v) is 11.9. The van der Waals surface area contributed by atoms with Crippen molar-refractivity contribution in [2.24, 2.45) is 0 Å². The number of anilines is 1. The molecule has 3 aromatic rings. The standard InChI is InChI=1S/C26H30N4O4/c1-18-4-6-21(7-5-18)27-26(32)30(11-10-29-8-2-3-9-29)17-20-14-19-15-23-24(34-13-12-33-23)16-22(19)28-25(20)31/h4-7,14-16H,2-3,8-13,17H2,1H3,(H,27,32)(H,28,31). The molecule has 0 aliphatic carbocycles. The number of pyridine rings is 1. The second-order valence-corrected chi connectivity index (χ2v) is 8.97. The normalized spacial score (nSPS) is 15.4. The molecule has 1 fully saturated rings. The van der Waals surface area contributed by atoms with Gasteiger partial charge in [0, 0.05) is 35.8 Å². The van der Waals surface area contributed by atoms with Gasteiger partial charge < -0.3 is 29.6 Å². The van der Waals surface area contributed by atoms with Gasteiger partial charge in [-0.3, -0.25) is 4.79 Å². The minimum absolute atomic E-state index is 0.210. The fourth-order valence-corrected chi connectivity index (χ4v) is 4.47. The van der Waals surface area contributed by atoms with E-state index >= 15 is 0 Å². The number of H-pyrrole nitrogens is 1. The van der Waals surface area contributed by atoms with Crippen LogP contribution < -0.4 is 20.3 Å². The highest BCUT2D eigenvalue weighted by atomic mass is 16.6. The van der Waals surface area contributed by atoms with Gasteiger partial charge in [0.25, 0.3) is 5.56 Å². The number of benzene rings is 2. The first kappa shape index (κ1) is 22.3. The third-order valence-corrected chi connectivity index (χ3v) is 6.42. The molecule has 2 aliphatic rings. The van der Waals surface area contributed by atoms with Crippen LogP contribution in [0.2, 0.25) is 0 Å². The molecule has 0 radical (unpaired) electrons. The molecule has 34 heavy (non-hydrogen) atoms. The third kappa shape index (κ3) is 5.02. The molecule has 2 aliphatic heterocycles. The number of aromatic nitrogens is 1. The van der Waals surface area contributed by atoms with Crippen molar-refractivity contribution in [3.63, 3.8) is 0 Å².